The van der Waals surface area contributed by atoms with Crippen molar-refractivity contribution in [2.24, 2.45) is 0 Å². The number of hydrogen-bond donors (Lipinski definition) is 3. The molecule has 0 unspecified atom stereocenters. The molecule has 0 bridgehead atoms. The first-order valence-corrected chi connectivity index (χ1v) is 7.55. The molecule has 0 aromatic heterocycles. The van der Waals surface area contributed by atoms with Crippen molar-refractivity contribution in [3.63, 3.8) is 0 Å². The van der Waals surface area contributed by atoms with Crippen LogP contribution in [-0.2, 0) is 14.8 Å². The molecule has 1 aromatic rings. The number of ether oxygens (including phenoxy) is 1. The number of carboxylic acids is 1. The van der Waals surface area contributed by atoms with Crippen LogP contribution in [0.3, 0.4) is 0 Å². The summed E-state index contributed by atoms with van der Waals surface area (Å²) in [7, 11) is -3.72. The van der Waals surface area contributed by atoms with Gasteiger partial charge in [0, 0.05) is 0 Å². The van der Waals surface area contributed by atoms with Crippen molar-refractivity contribution >= 4 is 21.7 Å². The summed E-state index contributed by atoms with van der Waals surface area (Å²) in [6, 6.07) is 3.35. The predicted molar refractivity (Wildman–Crippen MR) is 73.6 cm³/mol. The molecule has 0 amide bonds. The highest BCUT2D eigenvalue weighted by molar-refractivity contribution is 7.92. The molecule has 0 heterocycles. The molecule has 0 aliphatic rings. The summed E-state index contributed by atoms with van der Waals surface area (Å²) in [4.78, 5) is 10.8. The lowest BCUT2D eigenvalue weighted by Crippen LogP contribution is -2.21. The second-order valence-electron chi connectivity index (χ2n) is 4.38. The van der Waals surface area contributed by atoms with Gasteiger partial charge in [-0.05, 0) is 32.0 Å². The van der Waals surface area contributed by atoms with Crippen LogP contribution in [0.4, 0.5) is 5.69 Å². The summed E-state index contributed by atoms with van der Waals surface area (Å²) in [5, 5.41) is 18.4. The molecule has 20 heavy (non-hydrogen) atoms. The van der Waals surface area contributed by atoms with Gasteiger partial charge < -0.3 is 14.9 Å². The Kier molecular flexibility index (Phi) is 5.34. The fourth-order valence-corrected chi connectivity index (χ4v) is 2.28. The second kappa shape index (κ2) is 6.58. The third-order valence-electron chi connectivity index (χ3n) is 2.31. The number of aromatic carboxylic acids is 1. The molecule has 0 spiro atoms. The van der Waals surface area contributed by atoms with E-state index in [0.717, 1.165) is 12.1 Å². The number of rotatable bonds is 7. The van der Waals surface area contributed by atoms with Crippen LogP contribution in [-0.4, -0.2) is 43.1 Å². The molecule has 0 aliphatic heterocycles. The average Bonchev–Trinajstić information content (AvgIpc) is 2.30. The predicted octanol–water partition coefficient (Wildman–Crippen LogP) is 1.26. The fraction of sp³-hybridized carbons (Fsp3) is 0.417. The molecule has 1 rings (SSSR count). The molecular weight excluding hydrogens is 286 g/mol. The van der Waals surface area contributed by atoms with E-state index in [9.17, 15) is 18.3 Å². The van der Waals surface area contributed by atoms with Crippen LogP contribution < -0.4 is 4.72 Å². The van der Waals surface area contributed by atoms with Crippen molar-refractivity contribution in [2.75, 3.05) is 17.1 Å². The van der Waals surface area contributed by atoms with E-state index in [4.69, 9.17) is 9.84 Å². The summed E-state index contributed by atoms with van der Waals surface area (Å²) < 4.78 is 30.8. The molecule has 112 valence electrons. The molecule has 7 nitrogen and oxygen atoms in total. The average molecular weight is 303 g/mol. The minimum Gasteiger partial charge on any atom is -0.506 e. The number of anilines is 1. The monoisotopic (exact) mass is 303 g/mol. The van der Waals surface area contributed by atoms with E-state index in [-0.39, 0.29) is 35.5 Å². The van der Waals surface area contributed by atoms with Crippen LogP contribution in [0.25, 0.3) is 0 Å². The normalized spacial score (nSPS) is 11.6. The van der Waals surface area contributed by atoms with E-state index in [0.29, 0.717) is 0 Å². The zero-order valence-corrected chi connectivity index (χ0v) is 12.0. The number of nitrogens with one attached hydrogen (secondary N) is 1. The zero-order valence-electron chi connectivity index (χ0n) is 11.2. The Bertz CT molecular complexity index is 582. The van der Waals surface area contributed by atoms with Crippen LogP contribution in [0.5, 0.6) is 5.75 Å². The number of phenols is 1. The van der Waals surface area contributed by atoms with Gasteiger partial charge in [-0.1, -0.05) is 0 Å². The van der Waals surface area contributed by atoms with E-state index in [1.54, 1.807) is 13.8 Å². The molecule has 0 atom stereocenters. The highest BCUT2D eigenvalue weighted by Gasteiger charge is 2.15. The minimum atomic E-state index is -3.72. The Balaban J connectivity index is 2.81. The second-order valence-corrected chi connectivity index (χ2v) is 6.22. The Hall–Kier alpha value is -1.80. The van der Waals surface area contributed by atoms with E-state index in [2.05, 4.69) is 4.72 Å². The summed E-state index contributed by atoms with van der Waals surface area (Å²) in [6.07, 6.45) is -0.0889. The van der Waals surface area contributed by atoms with Crippen molar-refractivity contribution in [3.8, 4) is 5.75 Å². The highest BCUT2D eigenvalue weighted by atomic mass is 32.2. The molecule has 1 aromatic carbocycles. The minimum absolute atomic E-state index is 0.00633. The van der Waals surface area contributed by atoms with Crippen molar-refractivity contribution in [1.29, 1.82) is 0 Å². The van der Waals surface area contributed by atoms with Crippen molar-refractivity contribution < 1.29 is 28.2 Å². The molecule has 0 saturated carbocycles. The van der Waals surface area contributed by atoms with Gasteiger partial charge in [0.1, 0.15) is 5.75 Å². The van der Waals surface area contributed by atoms with Gasteiger partial charge in [0.15, 0.2) is 0 Å². The number of aromatic hydroxyl groups is 1. The van der Waals surface area contributed by atoms with Crippen LogP contribution in [0.1, 0.15) is 24.2 Å². The zero-order chi connectivity index (χ0) is 15.3. The summed E-state index contributed by atoms with van der Waals surface area (Å²) in [6.45, 7) is 3.57. The molecule has 8 heteroatoms. The lowest BCUT2D eigenvalue weighted by molar-refractivity contribution is 0.0696. The van der Waals surface area contributed by atoms with Gasteiger partial charge in [0.2, 0.25) is 10.0 Å². The van der Waals surface area contributed by atoms with Crippen LogP contribution >= 0.6 is 0 Å². The molecule has 0 radical (unpaired) electrons. The van der Waals surface area contributed by atoms with Gasteiger partial charge in [-0.25, -0.2) is 13.2 Å². The Morgan fingerprint density at radius 1 is 1.40 bits per heavy atom. The quantitative estimate of drug-likeness (QED) is 0.653. The first-order valence-electron chi connectivity index (χ1n) is 5.89. The Labute approximate surface area is 117 Å². The smallest absolute Gasteiger partial charge is 0.335 e. The van der Waals surface area contributed by atoms with E-state index < -0.39 is 16.0 Å². The Morgan fingerprint density at radius 3 is 2.60 bits per heavy atom. The van der Waals surface area contributed by atoms with E-state index >= 15 is 0 Å². The Morgan fingerprint density at radius 2 is 2.05 bits per heavy atom. The van der Waals surface area contributed by atoms with Crippen LogP contribution in [0.15, 0.2) is 18.2 Å². The number of sulfonamides is 1. The van der Waals surface area contributed by atoms with E-state index in [1.807, 2.05) is 0 Å². The maximum absolute atomic E-state index is 11.8. The summed E-state index contributed by atoms with van der Waals surface area (Å²) in [5.74, 6) is -1.85. The van der Waals surface area contributed by atoms with Crippen LogP contribution in [0, 0.1) is 0 Å². The summed E-state index contributed by atoms with van der Waals surface area (Å²) in [5.41, 5.74) is -0.298. The molecule has 0 aliphatic carbocycles. The number of carbonyl (C=O) groups is 1. The maximum Gasteiger partial charge on any atom is 0.335 e. The van der Waals surface area contributed by atoms with Gasteiger partial charge in [-0.3, -0.25) is 4.72 Å². The summed E-state index contributed by atoms with van der Waals surface area (Å²) >= 11 is 0. The van der Waals surface area contributed by atoms with Gasteiger partial charge in [0.25, 0.3) is 0 Å². The molecule has 0 saturated heterocycles. The van der Waals surface area contributed by atoms with Gasteiger partial charge in [0.05, 0.1) is 29.7 Å². The van der Waals surface area contributed by atoms with Gasteiger partial charge in [-0.15, -0.1) is 0 Å². The van der Waals surface area contributed by atoms with Gasteiger partial charge in [-0.2, -0.15) is 0 Å². The lowest BCUT2D eigenvalue weighted by Gasteiger charge is -2.11. The topological polar surface area (TPSA) is 113 Å². The standard InChI is InChI=1S/C12H17NO6S/c1-8(2)19-5-6-20(17,18)13-10-7-9(12(15)16)3-4-11(10)14/h3-4,7-8,13-14H,5-6H2,1-2H3,(H,15,16). The first-order chi connectivity index (χ1) is 9.21. The number of benzene rings is 1. The van der Waals surface area contributed by atoms with Crippen molar-refractivity contribution in [3.05, 3.63) is 23.8 Å². The number of carboxylic acid groups (broad SMARTS) is 1. The van der Waals surface area contributed by atoms with Crippen LogP contribution in [0.2, 0.25) is 0 Å². The maximum atomic E-state index is 11.8. The largest absolute Gasteiger partial charge is 0.506 e. The highest BCUT2D eigenvalue weighted by Crippen LogP contribution is 2.25. The van der Waals surface area contributed by atoms with E-state index in [1.165, 1.54) is 6.07 Å². The van der Waals surface area contributed by atoms with Gasteiger partial charge >= 0.3 is 5.97 Å². The third kappa shape index (κ3) is 5.06. The third-order valence-corrected chi connectivity index (χ3v) is 3.55. The molecule has 0 fully saturated rings. The SMILES string of the molecule is CC(C)OCCS(=O)(=O)Nc1cc(C(=O)O)ccc1O. The van der Waals surface area contributed by atoms with Crippen molar-refractivity contribution in [2.45, 2.75) is 20.0 Å². The number of hydrogen-bond acceptors (Lipinski definition) is 5. The molecule has 3 N–H and O–H groups in total. The molecular formula is C12H17NO6S. The number of phenolic OH excluding ortho intramolecular Hbond substituents is 1. The fourth-order valence-electron chi connectivity index (χ4n) is 1.36. The first kappa shape index (κ1) is 16.3. The van der Waals surface area contributed by atoms with Crippen molar-refractivity contribution in [1.82, 2.24) is 0 Å². The lowest BCUT2D eigenvalue weighted by atomic mass is 10.2.